The topological polar surface area (TPSA) is 69.7 Å². The molecular weight excluding hydrogens is 488 g/mol. The normalized spacial score (nSPS) is 17.8. The van der Waals surface area contributed by atoms with E-state index in [9.17, 15) is 23.2 Å². The highest BCUT2D eigenvalue weighted by Crippen LogP contribution is 2.50. The van der Waals surface area contributed by atoms with Gasteiger partial charge in [0.25, 0.3) is 17.7 Å². The summed E-state index contributed by atoms with van der Waals surface area (Å²) < 4.78 is 26.9. The molecular formula is C30H21F2N3O3. The van der Waals surface area contributed by atoms with Crippen LogP contribution in [0.25, 0.3) is 0 Å². The van der Waals surface area contributed by atoms with Crippen molar-refractivity contribution >= 4 is 23.4 Å². The van der Waals surface area contributed by atoms with Crippen LogP contribution in [-0.4, -0.2) is 40.6 Å². The van der Waals surface area contributed by atoms with Crippen molar-refractivity contribution in [1.29, 1.82) is 0 Å². The maximum Gasteiger partial charge on any atom is 0.256 e. The number of rotatable bonds is 4. The first-order valence-electron chi connectivity index (χ1n) is 12.1. The molecule has 4 aromatic rings. The molecule has 6 rings (SSSR count). The molecule has 2 aliphatic rings. The van der Waals surface area contributed by atoms with E-state index in [0.717, 1.165) is 0 Å². The van der Waals surface area contributed by atoms with Gasteiger partial charge in [-0.25, -0.2) is 8.78 Å². The fraction of sp³-hybridized carbons (Fsp3) is 0.100. The van der Waals surface area contributed by atoms with E-state index in [1.807, 2.05) is 18.2 Å². The number of carbonyl (C=O) groups is 3. The molecule has 2 aliphatic heterocycles. The van der Waals surface area contributed by atoms with Crippen molar-refractivity contribution in [2.45, 2.75) is 5.66 Å². The van der Waals surface area contributed by atoms with Gasteiger partial charge < -0.3 is 15.1 Å². The Bertz CT molecular complexity index is 1590. The lowest BCUT2D eigenvalue weighted by atomic mass is 9.89. The van der Waals surface area contributed by atoms with Gasteiger partial charge in [0.1, 0.15) is 11.6 Å². The van der Waals surface area contributed by atoms with Crippen molar-refractivity contribution in [3.63, 3.8) is 0 Å². The van der Waals surface area contributed by atoms with Gasteiger partial charge in [0.2, 0.25) is 0 Å². The molecule has 4 aromatic carbocycles. The Hall–Kier alpha value is -4.85. The van der Waals surface area contributed by atoms with Crippen LogP contribution in [0.4, 0.5) is 14.5 Å². The predicted molar refractivity (Wildman–Crippen MR) is 136 cm³/mol. The molecule has 0 radical (unpaired) electrons. The van der Waals surface area contributed by atoms with E-state index in [-0.39, 0.29) is 23.9 Å². The largest absolute Gasteiger partial charge is 0.322 e. The number of benzene rings is 4. The molecule has 6 nitrogen and oxygen atoms in total. The average Bonchev–Trinajstić information content (AvgIpc) is 3.45. The standard InChI is InChI=1S/C30H21F2N3O3/c31-22-12-8-19(9-13-22)27(36)33-24-5-3-4-21(18-24)30-26-7-2-1-6-25(26)29(38)35(30)17-16-34(30)28(37)20-10-14-23(32)15-11-20/h1-15,18H,16-17H2,(H,33,36). The minimum absolute atomic E-state index is 0.198. The van der Waals surface area contributed by atoms with Crippen LogP contribution in [0.2, 0.25) is 0 Å². The molecule has 0 spiro atoms. The van der Waals surface area contributed by atoms with Gasteiger partial charge >= 0.3 is 0 Å². The first kappa shape index (κ1) is 23.5. The summed E-state index contributed by atoms with van der Waals surface area (Å²) in [6, 6.07) is 24.7. The summed E-state index contributed by atoms with van der Waals surface area (Å²) in [7, 11) is 0. The van der Waals surface area contributed by atoms with Crippen molar-refractivity contribution in [2.24, 2.45) is 0 Å². The number of halogens is 2. The number of anilines is 1. The number of nitrogens with one attached hydrogen (secondary N) is 1. The lowest BCUT2D eigenvalue weighted by Gasteiger charge is -2.40. The summed E-state index contributed by atoms with van der Waals surface area (Å²) in [6.45, 7) is 0.565. The van der Waals surface area contributed by atoms with Crippen LogP contribution >= 0.6 is 0 Å². The second-order valence-corrected chi connectivity index (χ2v) is 9.18. The molecule has 188 valence electrons. The molecule has 0 saturated carbocycles. The molecule has 1 fully saturated rings. The van der Waals surface area contributed by atoms with Gasteiger partial charge in [0.15, 0.2) is 5.66 Å². The molecule has 1 unspecified atom stereocenters. The highest BCUT2D eigenvalue weighted by molar-refractivity contribution is 6.05. The number of hydrogen-bond acceptors (Lipinski definition) is 3. The van der Waals surface area contributed by atoms with Crippen LogP contribution in [0.15, 0.2) is 97.1 Å². The Morgan fingerprint density at radius 3 is 2.13 bits per heavy atom. The van der Waals surface area contributed by atoms with Gasteiger partial charge in [-0.15, -0.1) is 0 Å². The quantitative estimate of drug-likeness (QED) is 0.420. The maximum atomic E-state index is 13.8. The highest BCUT2D eigenvalue weighted by atomic mass is 19.1. The van der Waals surface area contributed by atoms with Gasteiger partial charge in [-0.05, 0) is 66.7 Å². The molecule has 0 bridgehead atoms. The molecule has 2 heterocycles. The minimum Gasteiger partial charge on any atom is -0.322 e. The summed E-state index contributed by atoms with van der Waals surface area (Å²) in [5.41, 5.74) is 1.53. The third-order valence-corrected chi connectivity index (χ3v) is 7.07. The lowest BCUT2D eigenvalue weighted by molar-refractivity contribution is 0.0375. The summed E-state index contributed by atoms with van der Waals surface area (Å²) in [4.78, 5) is 43.5. The Morgan fingerprint density at radius 2 is 1.42 bits per heavy atom. The summed E-state index contributed by atoms with van der Waals surface area (Å²) in [5, 5.41) is 2.83. The van der Waals surface area contributed by atoms with Gasteiger partial charge in [-0.3, -0.25) is 14.4 Å². The second-order valence-electron chi connectivity index (χ2n) is 9.18. The molecule has 3 amide bonds. The van der Waals surface area contributed by atoms with E-state index in [2.05, 4.69) is 5.32 Å². The van der Waals surface area contributed by atoms with Crippen molar-refractivity contribution in [3.8, 4) is 0 Å². The van der Waals surface area contributed by atoms with Gasteiger partial charge in [0.05, 0.1) is 0 Å². The molecule has 0 aliphatic carbocycles. The van der Waals surface area contributed by atoms with Crippen molar-refractivity contribution in [3.05, 3.63) is 137 Å². The summed E-state index contributed by atoms with van der Waals surface area (Å²) in [6.07, 6.45) is 0. The van der Waals surface area contributed by atoms with E-state index in [1.165, 1.54) is 48.5 Å². The predicted octanol–water partition coefficient (Wildman–Crippen LogP) is 5.03. The van der Waals surface area contributed by atoms with Crippen LogP contribution in [-0.2, 0) is 5.66 Å². The second kappa shape index (κ2) is 8.92. The zero-order chi connectivity index (χ0) is 26.4. The summed E-state index contributed by atoms with van der Waals surface area (Å²) >= 11 is 0. The van der Waals surface area contributed by atoms with Crippen molar-refractivity contribution in [2.75, 3.05) is 18.4 Å². The van der Waals surface area contributed by atoms with Gasteiger partial charge in [-0.1, -0.05) is 30.3 Å². The van der Waals surface area contributed by atoms with Crippen LogP contribution < -0.4 is 5.32 Å². The zero-order valence-electron chi connectivity index (χ0n) is 20.0. The smallest absolute Gasteiger partial charge is 0.256 e. The SMILES string of the molecule is O=C(Nc1cccc(C23c4ccccc4C(=O)N2CCN3C(=O)c2ccc(F)cc2)c1)c1ccc(F)cc1. The van der Waals surface area contributed by atoms with Crippen LogP contribution in [0.1, 0.15) is 42.2 Å². The average molecular weight is 510 g/mol. The molecule has 1 saturated heterocycles. The Kier molecular flexibility index (Phi) is 5.52. The fourth-order valence-corrected chi connectivity index (χ4v) is 5.41. The van der Waals surface area contributed by atoms with Crippen LogP contribution in [0, 0.1) is 11.6 Å². The Labute approximate surface area is 217 Å². The fourth-order valence-electron chi connectivity index (χ4n) is 5.41. The number of fused-ring (bicyclic) bond motifs is 3. The van der Waals surface area contributed by atoms with E-state index in [0.29, 0.717) is 34.5 Å². The third-order valence-electron chi connectivity index (χ3n) is 7.07. The molecule has 0 aromatic heterocycles. The number of nitrogens with zero attached hydrogens (tertiary/aromatic N) is 2. The third kappa shape index (κ3) is 3.56. The number of amides is 3. The molecule has 1 atom stereocenters. The zero-order valence-corrected chi connectivity index (χ0v) is 20.0. The minimum atomic E-state index is -1.25. The summed E-state index contributed by atoms with van der Waals surface area (Å²) in [5.74, 6) is -1.87. The van der Waals surface area contributed by atoms with Crippen LogP contribution in [0.3, 0.4) is 0 Å². The Balaban J connectivity index is 1.46. The molecule has 1 N–H and O–H groups in total. The number of carbonyl (C=O) groups excluding carboxylic acids is 3. The van der Waals surface area contributed by atoms with E-state index in [1.54, 1.807) is 40.1 Å². The van der Waals surface area contributed by atoms with Gasteiger partial charge in [0, 0.05) is 46.6 Å². The van der Waals surface area contributed by atoms with Crippen LogP contribution in [0.5, 0.6) is 0 Å². The van der Waals surface area contributed by atoms with Crippen molar-refractivity contribution in [1.82, 2.24) is 9.80 Å². The van der Waals surface area contributed by atoms with E-state index in [4.69, 9.17) is 0 Å². The first-order chi connectivity index (χ1) is 18.4. The monoisotopic (exact) mass is 509 g/mol. The van der Waals surface area contributed by atoms with Crippen molar-refractivity contribution < 1.29 is 23.2 Å². The lowest BCUT2D eigenvalue weighted by Crippen LogP contribution is -2.51. The molecule has 8 heteroatoms. The Morgan fingerprint density at radius 1 is 0.763 bits per heavy atom. The van der Waals surface area contributed by atoms with Gasteiger partial charge in [-0.2, -0.15) is 0 Å². The van der Waals surface area contributed by atoms with E-state index < -0.39 is 23.2 Å². The highest BCUT2D eigenvalue weighted by Gasteiger charge is 2.59. The first-order valence-corrected chi connectivity index (χ1v) is 12.1. The van der Waals surface area contributed by atoms with E-state index >= 15 is 0 Å². The maximum absolute atomic E-state index is 13.8. The number of hydrogen-bond donors (Lipinski definition) is 1. The molecule has 38 heavy (non-hydrogen) atoms.